The van der Waals surface area contributed by atoms with E-state index in [1.54, 1.807) is 6.92 Å². The first-order chi connectivity index (χ1) is 10.6. The lowest BCUT2D eigenvalue weighted by molar-refractivity contribution is 0.599. The van der Waals surface area contributed by atoms with E-state index in [-0.39, 0.29) is 5.82 Å². The van der Waals surface area contributed by atoms with Gasteiger partial charge in [-0.25, -0.2) is 12.8 Å². The SMILES string of the molecule is Cc1cc(F)ccc1NS(=O)(=O)c1c(C)c(C)c(C)c(C)c1C. The lowest BCUT2D eigenvalue weighted by atomic mass is 9.95. The van der Waals surface area contributed by atoms with Crippen LogP contribution >= 0.6 is 0 Å². The topological polar surface area (TPSA) is 46.2 Å². The van der Waals surface area contributed by atoms with Crippen molar-refractivity contribution in [2.24, 2.45) is 0 Å². The third-order valence-corrected chi connectivity index (χ3v) is 6.27. The summed E-state index contributed by atoms with van der Waals surface area (Å²) in [6, 6.07) is 4.00. The Labute approximate surface area is 137 Å². The molecule has 0 heterocycles. The molecular formula is C18H22FNO2S. The van der Waals surface area contributed by atoms with Crippen molar-refractivity contribution in [1.29, 1.82) is 0 Å². The fourth-order valence-corrected chi connectivity index (χ4v) is 4.54. The first-order valence-corrected chi connectivity index (χ1v) is 8.90. The van der Waals surface area contributed by atoms with Crippen LogP contribution in [0, 0.1) is 47.4 Å². The Balaban J connectivity index is 2.61. The summed E-state index contributed by atoms with van der Waals surface area (Å²) in [6.45, 7) is 11.2. The molecule has 3 nitrogen and oxygen atoms in total. The maximum absolute atomic E-state index is 13.2. The van der Waals surface area contributed by atoms with Crippen molar-refractivity contribution < 1.29 is 12.8 Å². The van der Waals surface area contributed by atoms with E-state index in [4.69, 9.17) is 0 Å². The van der Waals surface area contributed by atoms with E-state index in [0.717, 1.165) is 27.8 Å². The zero-order chi connectivity index (χ0) is 17.5. The predicted octanol–water partition coefficient (Wildman–Crippen LogP) is 4.48. The highest BCUT2D eigenvalue weighted by Gasteiger charge is 2.24. The summed E-state index contributed by atoms with van der Waals surface area (Å²) in [7, 11) is -3.74. The molecule has 0 aliphatic carbocycles. The molecule has 2 aromatic rings. The molecule has 0 aliphatic heterocycles. The molecule has 0 saturated carbocycles. The van der Waals surface area contributed by atoms with Gasteiger partial charge in [0.15, 0.2) is 0 Å². The number of nitrogens with one attached hydrogen (secondary N) is 1. The predicted molar refractivity (Wildman–Crippen MR) is 92.1 cm³/mol. The lowest BCUT2D eigenvalue weighted by Crippen LogP contribution is -2.18. The third kappa shape index (κ3) is 3.11. The maximum atomic E-state index is 13.2. The molecule has 0 aliphatic rings. The van der Waals surface area contributed by atoms with Gasteiger partial charge in [0.25, 0.3) is 10.0 Å². The van der Waals surface area contributed by atoms with E-state index in [1.165, 1.54) is 18.2 Å². The van der Waals surface area contributed by atoms with Gasteiger partial charge in [-0.05, 0) is 93.1 Å². The van der Waals surface area contributed by atoms with Gasteiger partial charge in [-0.3, -0.25) is 4.72 Å². The Morgan fingerprint density at radius 1 is 0.826 bits per heavy atom. The molecular weight excluding hydrogens is 313 g/mol. The Bertz CT molecular complexity index is 857. The summed E-state index contributed by atoms with van der Waals surface area (Å²) in [5.74, 6) is -0.389. The second-order valence-electron chi connectivity index (χ2n) is 6.02. The van der Waals surface area contributed by atoms with Crippen LogP contribution in [0.1, 0.15) is 33.4 Å². The van der Waals surface area contributed by atoms with Crippen LogP contribution in [0.5, 0.6) is 0 Å². The average Bonchev–Trinajstić information content (AvgIpc) is 2.46. The van der Waals surface area contributed by atoms with Crippen LogP contribution in [0.2, 0.25) is 0 Å². The highest BCUT2D eigenvalue weighted by atomic mass is 32.2. The Hall–Kier alpha value is -1.88. The van der Waals surface area contributed by atoms with Crippen LogP contribution < -0.4 is 4.72 Å². The molecule has 5 heteroatoms. The summed E-state index contributed by atoms with van der Waals surface area (Å²) < 4.78 is 41.6. The number of benzene rings is 2. The van der Waals surface area contributed by atoms with Crippen LogP contribution in [0.3, 0.4) is 0 Å². The van der Waals surface area contributed by atoms with Gasteiger partial charge in [0, 0.05) is 0 Å². The Morgan fingerprint density at radius 2 is 1.30 bits per heavy atom. The van der Waals surface area contributed by atoms with Crippen LogP contribution in [0.25, 0.3) is 0 Å². The van der Waals surface area contributed by atoms with Crippen molar-refractivity contribution in [1.82, 2.24) is 0 Å². The molecule has 0 radical (unpaired) electrons. The number of rotatable bonds is 3. The Kier molecular flexibility index (Phi) is 4.53. The minimum atomic E-state index is -3.74. The Morgan fingerprint density at radius 3 is 1.78 bits per heavy atom. The van der Waals surface area contributed by atoms with Crippen molar-refractivity contribution in [3.63, 3.8) is 0 Å². The maximum Gasteiger partial charge on any atom is 0.262 e. The zero-order valence-corrected chi connectivity index (χ0v) is 15.2. The lowest BCUT2D eigenvalue weighted by Gasteiger charge is -2.20. The van der Waals surface area contributed by atoms with Crippen molar-refractivity contribution >= 4 is 15.7 Å². The van der Waals surface area contributed by atoms with Gasteiger partial charge in [-0.2, -0.15) is 0 Å². The third-order valence-electron chi connectivity index (χ3n) is 4.63. The summed E-state index contributed by atoms with van der Waals surface area (Å²) in [5.41, 5.74) is 5.49. The second kappa shape index (κ2) is 5.96. The van der Waals surface area contributed by atoms with E-state index in [0.29, 0.717) is 16.1 Å². The van der Waals surface area contributed by atoms with Gasteiger partial charge in [-0.1, -0.05) is 0 Å². The van der Waals surface area contributed by atoms with Crippen molar-refractivity contribution in [2.45, 2.75) is 46.4 Å². The molecule has 0 saturated heterocycles. The smallest absolute Gasteiger partial charge is 0.262 e. The standard InChI is InChI=1S/C18H22FNO2S/c1-10-9-16(19)7-8-17(10)20-23(21,22)18-14(5)12(3)11(2)13(4)15(18)6/h7-9,20H,1-6H3. The first-order valence-electron chi connectivity index (χ1n) is 7.42. The van der Waals surface area contributed by atoms with E-state index in [1.807, 2.05) is 34.6 Å². The van der Waals surface area contributed by atoms with Gasteiger partial charge >= 0.3 is 0 Å². The fraction of sp³-hybridized carbons (Fsp3) is 0.333. The van der Waals surface area contributed by atoms with Gasteiger partial charge in [0.05, 0.1) is 10.6 Å². The van der Waals surface area contributed by atoms with Gasteiger partial charge in [0.1, 0.15) is 5.82 Å². The number of sulfonamides is 1. The molecule has 1 N–H and O–H groups in total. The van der Waals surface area contributed by atoms with E-state index in [9.17, 15) is 12.8 Å². The minimum Gasteiger partial charge on any atom is -0.279 e. The number of anilines is 1. The summed E-state index contributed by atoms with van der Waals surface area (Å²) >= 11 is 0. The van der Waals surface area contributed by atoms with Gasteiger partial charge in [-0.15, -0.1) is 0 Å². The normalized spacial score (nSPS) is 11.6. The number of hydrogen-bond acceptors (Lipinski definition) is 2. The largest absolute Gasteiger partial charge is 0.279 e. The number of halogens is 1. The van der Waals surface area contributed by atoms with Crippen molar-refractivity contribution in [3.8, 4) is 0 Å². The van der Waals surface area contributed by atoms with Gasteiger partial charge < -0.3 is 0 Å². The van der Waals surface area contributed by atoms with Crippen LogP contribution in [-0.2, 0) is 10.0 Å². The molecule has 2 aromatic carbocycles. The monoisotopic (exact) mass is 335 g/mol. The molecule has 0 aromatic heterocycles. The molecule has 0 spiro atoms. The highest BCUT2D eigenvalue weighted by molar-refractivity contribution is 7.92. The van der Waals surface area contributed by atoms with E-state index < -0.39 is 10.0 Å². The first kappa shape index (κ1) is 17.5. The summed E-state index contributed by atoms with van der Waals surface area (Å²) in [6.07, 6.45) is 0. The van der Waals surface area contributed by atoms with Crippen LogP contribution in [-0.4, -0.2) is 8.42 Å². The van der Waals surface area contributed by atoms with Crippen LogP contribution in [0.15, 0.2) is 23.1 Å². The molecule has 0 bridgehead atoms. The average molecular weight is 335 g/mol. The van der Waals surface area contributed by atoms with Crippen molar-refractivity contribution in [3.05, 3.63) is 57.4 Å². The van der Waals surface area contributed by atoms with Crippen LogP contribution in [0.4, 0.5) is 10.1 Å². The van der Waals surface area contributed by atoms with E-state index >= 15 is 0 Å². The fourth-order valence-electron chi connectivity index (χ4n) is 2.81. The molecule has 0 fully saturated rings. The number of hydrogen-bond donors (Lipinski definition) is 1. The molecule has 0 amide bonds. The minimum absolute atomic E-state index is 0.307. The summed E-state index contributed by atoms with van der Waals surface area (Å²) in [4.78, 5) is 0.307. The zero-order valence-electron chi connectivity index (χ0n) is 14.3. The number of aryl methyl sites for hydroxylation is 1. The molecule has 124 valence electrons. The second-order valence-corrected chi connectivity index (χ2v) is 7.64. The van der Waals surface area contributed by atoms with Gasteiger partial charge in [0.2, 0.25) is 0 Å². The molecule has 23 heavy (non-hydrogen) atoms. The molecule has 2 rings (SSSR count). The van der Waals surface area contributed by atoms with E-state index in [2.05, 4.69) is 4.72 Å². The summed E-state index contributed by atoms with van der Waals surface area (Å²) in [5, 5.41) is 0. The van der Waals surface area contributed by atoms with Crippen molar-refractivity contribution in [2.75, 3.05) is 4.72 Å². The highest BCUT2D eigenvalue weighted by Crippen LogP contribution is 2.31. The molecule has 0 atom stereocenters. The quantitative estimate of drug-likeness (QED) is 0.899. The molecule has 0 unspecified atom stereocenters.